The van der Waals surface area contributed by atoms with Crippen molar-refractivity contribution in [2.75, 3.05) is 49.3 Å². The number of fused-ring (bicyclic) bond motifs is 1. The number of benzene rings is 1. The van der Waals surface area contributed by atoms with Gasteiger partial charge in [0.2, 0.25) is 10.0 Å². The summed E-state index contributed by atoms with van der Waals surface area (Å²) in [6.45, 7) is 3.39. The molecule has 2 aliphatic heterocycles. The van der Waals surface area contributed by atoms with Gasteiger partial charge in [-0.15, -0.1) is 0 Å². The first-order chi connectivity index (χ1) is 18.5. The molecule has 1 atom stereocenters. The first kappa shape index (κ1) is 27.4. The van der Waals surface area contributed by atoms with Crippen molar-refractivity contribution >= 4 is 42.7 Å². The number of nitrogens with one attached hydrogen (secondary N) is 2. The van der Waals surface area contributed by atoms with E-state index < -0.39 is 37.6 Å². The standard InChI is InChI=1S/C24H30FN7O5S2/c1-16-19(24(33)30-39(36)10-7-26-8-11-39)14-32-22(16)23(27-15-28-32)29-20-6-5-17(25)12-21(20)37-18-4-3-9-31(13-18)38(2,34)35/h5-6,12,14-15,18,26H,3-4,7-11,13H2,1-2H3,(H,27,28,29)/t18-/m1/s1. The lowest BCUT2D eigenvalue weighted by Crippen LogP contribution is -2.43. The van der Waals surface area contributed by atoms with E-state index >= 15 is 0 Å². The highest BCUT2D eigenvalue weighted by molar-refractivity contribution is 7.94. The molecule has 2 fully saturated rings. The highest BCUT2D eigenvalue weighted by Gasteiger charge is 2.28. The van der Waals surface area contributed by atoms with Crippen molar-refractivity contribution in [3.63, 3.8) is 0 Å². The minimum Gasteiger partial charge on any atom is -0.487 e. The van der Waals surface area contributed by atoms with Crippen LogP contribution in [0.4, 0.5) is 15.9 Å². The van der Waals surface area contributed by atoms with Crippen LogP contribution in [0.1, 0.15) is 28.8 Å². The third kappa shape index (κ3) is 6.05. The molecule has 2 saturated heterocycles. The monoisotopic (exact) mass is 579 g/mol. The number of halogens is 1. The van der Waals surface area contributed by atoms with Crippen LogP contribution in [0.5, 0.6) is 5.75 Å². The molecule has 210 valence electrons. The Morgan fingerprint density at radius 1 is 1.31 bits per heavy atom. The average Bonchev–Trinajstić information content (AvgIpc) is 3.23. The van der Waals surface area contributed by atoms with Crippen LogP contribution in [0.3, 0.4) is 0 Å². The number of amides is 1. The lowest BCUT2D eigenvalue weighted by atomic mass is 10.1. The zero-order valence-corrected chi connectivity index (χ0v) is 23.2. The van der Waals surface area contributed by atoms with E-state index in [0.29, 0.717) is 66.6 Å². The van der Waals surface area contributed by atoms with Crippen LogP contribution in [0.2, 0.25) is 0 Å². The summed E-state index contributed by atoms with van der Waals surface area (Å²) in [6.07, 6.45) is 4.77. The Morgan fingerprint density at radius 3 is 2.82 bits per heavy atom. The van der Waals surface area contributed by atoms with Gasteiger partial charge in [0, 0.05) is 43.4 Å². The molecule has 0 bridgehead atoms. The summed E-state index contributed by atoms with van der Waals surface area (Å²) in [5.74, 6) is 0.0759. The number of ether oxygens (including phenoxy) is 1. The average molecular weight is 580 g/mol. The van der Waals surface area contributed by atoms with E-state index in [1.165, 1.54) is 39.5 Å². The molecule has 1 aromatic carbocycles. The Kier molecular flexibility index (Phi) is 7.59. The number of carbonyl (C=O) groups excluding carboxylic acids is 1. The second-order valence-corrected chi connectivity index (χ2v) is 14.2. The molecule has 0 unspecified atom stereocenters. The van der Waals surface area contributed by atoms with Gasteiger partial charge >= 0.3 is 0 Å². The highest BCUT2D eigenvalue weighted by atomic mass is 32.2. The Balaban J connectivity index is 1.45. The number of aryl methyl sites for hydroxylation is 1. The van der Waals surface area contributed by atoms with Crippen molar-refractivity contribution < 1.29 is 26.5 Å². The summed E-state index contributed by atoms with van der Waals surface area (Å²) in [5, 5.41) is 10.5. The van der Waals surface area contributed by atoms with Gasteiger partial charge in [0.1, 0.15) is 29.5 Å². The van der Waals surface area contributed by atoms with Crippen molar-refractivity contribution in [3.8, 4) is 5.75 Å². The molecule has 2 aromatic heterocycles. The largest absolute Gasteiger partial charge is 0.487 e. The molecule has 3 aromatic rings. The lowest BCUT2D eigenvalue weighted by Gasteiger charge is -2.31. The number of sulfonamides is 1. The third-order valence-corrected chi connectivity index (χ3v) is 10.3. The molecule has 2 aliphatic rings. The van der Waals surface area contributed by atoms with Gasteiger partial charge in [-0.1, -0.05) is 0 Å². The number of hydrogen-bond donors (Lipinski definition) is 2. The van der Waals surface area contributed by atoms with Crippen molar-refractivity contribution in [2.45, 2.75) is 25.9 Å². The normalized spacial score (nSPS) is 20.0. The van der Waals surface area contributed by atoms with Crippen LogP contribution in [-0.2, 0) is 19.8 Å². The fourth-order valence-electron chi connectivity index (χ4n) is 4.76. The van der Waals surface area contributed by atoms with Crippen LogP contribution in [0.15, 0.2) is 35.1 Å². The first-order valence-corrected chi connectivity index (χ1v) is 16.2. The van der Waals surface area contributed by atoms with Crippen LogP contribution in [-0.4, -0.2) is 87.5 Å². The van der Waals surface area contributed by atoms with E-state index in [9.17, 15) is 21.8 Å². The maximum absolute atomic E-state index is 14.2. The smallest absolute Gasteiger partial charge is 0.287 e. The van der Waals surface area contributed by atoms with Crippen LogP contribution < -0.4 is 15.4 Å². The minimum absolute atomic E-state index is 0.165. The highest BCUT2D eigenvalue weighted by Crippen LogP contribution is 2.33. The van der Waals surface area contributed by atoms with Crippen LogP contribution >= 0.6 is 0 Å². The van der Waals surface area contributed by atoms with Crippen molar-refractivity contribution in [1.82, 2.24) is 24.2 Å². The zero-order chi connectivity index (χ0) is 27.8. The molecule has 12 nitrogen and oxygen atoms in total. The Hall–Kier alpha value is -3.14. The summed E-state index contributed by atoms with van der Waals surface area (Å²) in [4.78, 5) is 17.4. The summed E-state index contributed by atoms with van der Waals surface area (Å²) in [6, 6.07) is 4.00. The predicted molar refractivity (Wildman–Crippen MR) is 145 cm³/mol. The Morgan fingerprint density at radius 2 is 2.08 bits per heavy atom. The number of anilines is 2. The maximum Gasteiger partial charge on any atom is 0.287 e. The van der Waals surface area contributed by atoms with Gasteiger partial charge in [-0.2, -0.15) is 13.8 Å². The van der Waals surface area contributed by atoms with Gasteiger partial charge in [0.15, 0.2) is 5.82 Å². The minimum atomic E-state index is -3.38. The number of hydrogen-bond acceptors (Lipinski definition) is 9. The van der Waals surface area contributed by atoms with E-state index in [-0.39, 0.29) is 17.9 Å². The van der Waals surface area contributed by atoms with Gasteiger partial charge in [-0.3, -0.25) is 4.79 Å². The molecule has 5 rings (SSSR count). The van der Waals surface area contributed by atoms with E-state index in [1.54, 1.807) is 6.92 Å². The second kappa shape index (κ2) is 10.8. The molecule has 1 amide bonds. The summed E-state index contributed by atoms with van der Waals surface area (Å²) >= 11 is 0. The molecular formula is C24H30FN7O5S2. The molecule has 39 heavy (non-hydrogen) atoms. The topological polar surface area (TPSA) is 147 Å². The number of piperidine rings is 1. The lowest BCUT2D eigenvalue weighted by molar-refractivity contribution is 0.100. The molecule has 4 heterocycles. The van der Waals surface area contributed by atoms with Crippen LogP contribution in [0, 0.1) is 12.7 Å². The van der Waals surface area contributed by atoms with Gasteiger partial charge in [-0.05, 0) is 37.5 Å². The van der Waals surface area contributed by atoms with Crippen molar-refractivity contribution in [3.05, 3.63) is 47.7 Å². The summed E-state index contributed by atoms with van der Waals surface area (Å²) in [7, 11) is -6.01. The second-order valence-electron chi connectivity index (χ2n) is 9.67. The van der Waals surface area contributed by atoms with Crippen molar-refractivity contribution in [1.29, 1.82) is 0 Å². The summed E-state index contributed by atoms with van der Waals surface area (Å²) < 4.78 is 64.2. The summed E-state index contributed by atoms with van der Waals surface area (Å²) in [5.41, 5.74) is 1.71. The quantitative estimate of drug-likeness (QED) is 0.447. The van der Waals surface area contributed by atoms with Crippen molar-refractivity contribution in [2.24, 2.45) is 4.36 Å². The van der Waals surface area contributed by atoms with E-state index in [2.05, 4.69) is 25.1 Å². The molecule has 0 spiro atoms. The van der Waals surface area contributed by atoms with Crippen LogP contribution in [0.25, 0.3) is 5.52 Å². The molecule has 15 heteroatoms. The number of nitrogens with zero attached hydrogens (tertiary/aromatic N) is 5. The van der Waals surface area contributed by atoms with E-state index in [1.807, 2.05) is 0 Å². The predicted octanol–water partition coefficient (Wildman–Crippen LogP) is 1.93. The molecular weight excluding hydrogens is 549 g/mol. The molecule has 2 N–H and O–H groups in total. The number of aromatic nitrogens is 3. The van der Waals surface area contributed by atoms with Gasteiger partial charge in [-0.25, -0.2) is 26.5 Å². The molecule has 0 radical (unpaired) electrons. The first-order valence-electron chi connectivity index (χ1n) is 12.5. The fraction of sp³-hybridized carbons (Fsp3) is 0.458. The Labute approximate surface area is 226 Å². The van der Waals surface area contributed by atoms with Gasteiger partial charge in [0.25, 0.3) is 5.91 Å². The SMILES string of the molecule is Cc1c(C(=O)N=S2(=O)CCNCC2)cn2ncnc(Nc3ccc(F)cc3O[C@@H]3CCCN(S(C)(=O)=O)C3)c12. The molecule has 0 saturated carbocycles. The van der Waals surface area contributed by atoms with E-state index in [0.717, 1.165) is 6.26 Å². The maximum atomic E-state index is 14.2. The third-order valence-electron chi connectivity index (χ3n) is 6.80. The zero-order valence-electron chi connectivity index (χ0n) is 21.6. The van der Waals surface area contributed by atoms with Gasteiger partial charge in [0.05, 0.1) is 33.8 Å². The molecule has 0 aliphatic carbocycles. The Bertz CT molecular complexity index is 1640. The van der Waals surface area contributed by atoms with Gasteiger partial charge < -0.3 is 15.4 Å². The van der Waals surface area contributed by atoms with E-state index in [4.69, 9.17) is 4.74 Å². The number of carbonyl (C=O) groups is 1. The fourth-order valence-corrected chi connectivity index (χ4v) is 7.37. The number of rotatable bonds is 6.